The maximum absolute atomic E-state index is 12.8. The van der Waals surface area contributed by atoms with E-state index in [4.69, 9.17) is 11.5 Å². The van der Waals surface area contributed by atoms with Crippen LogP contribution in [0.25, 0.3) is 11.1 Å². The summed E-state index contributed by atoms with van der Waals surface area (Å²) in [6.45, 7) is 0. The molecule has 3 rings (SSSR count). The van der Waals surface area contributed by atoms with Crippen LogP contribution >= 0.6 is 11.8 Å². The zero-order valence-electron chi connectivity index (χ0n) is 16.8. The van der Waals surface area contributed by atoms with Crippen molar-refractivity contribution in [3.8, 4) is 11.1 Å². The third-order valence-corrected chi connectivity index (χ3v) is 6.28. The van der Waals surface area contributed by atoms with Gasteiger partial charge < -0.3 is 11.5 Å². The van der Waals surface area contributed by atoms with Gasteiger partial charge in [0.1, 0.15) is 0 Å². The van der Waals surface area contributed by atoms with E-state index in [0.29, 0.717) is 29.8 Å². The average Bonchev–Trinajstić information content (AvgIpc) is 2.77. The number of rotatable bonds is 10. The van der Waals surface area contributed by atoms with Gasteiger partial charge in [0.05, 0.1) is 5.75 Å². The van der Waals surface area contributed by atoms with Crippen molar-refractivity contribution in [1.82, 2.24) is 0 Å². The lowest BCUT2D eigenvalue weighted by Gasteiger charge is -2.18. The number of nitrogen functional groups attached to an aromatic ring is 1. The smallest absolute Gasteiger partial charge is 0.217 e. The van der Waals surface area contributed by atoms with Gasteiger partial charge in [-0.3, -0.25) is 9.59 Å². The summed E-state index contributed by atoms with van der Waals surface area (Å²) >= 11 is 1.56. The van der Waals surface area contributed by atoms with Gasteiger partial charge in [-0.2, -0.15) is 0 Å². The molecule has 0 aromatic heterocycles. The second kappa shape index (κ2) is 10.6. The molecule has 1 amide bonds. The zero-order valence-corrected chi connectivity index (χ0v) is 17.6. The monoisotopic (exact) mass is 418 g/mol. The highest BCUT2D eigenvalue weighted by molar-refractivity contribution is 8.00. The van der Waals surface area contributed by atoms with E-state index in [9.17, 15) is 9.59 Å². The molecule has 0 saturated heterocycles. The van der Waals surface area contributed by atoms with Crippen molar-refractivity contribution < 1.29 is 9.59 Å². The Hall–Kier alpha value is -3.05. The summed E-state index contributed by atoms with van der Waals surface area (Å²) in [6, 6.07) is 25.5. The molecule has 3 aromatic carbocycles. The maximum Gasteiger partial charge on any atom is 0.217 e. The summed E-state index contributed by atoms with van der Waals surface area (Å²) in [4.78, 5) is 23.9. The fourth-order valence-corrected chi connectivity index (χ4v) is 4.58. The summed E-state index contributed by atoms with van der Waals surface area (Å²) in [5.41, 5.74) is 16.0. The van der Waals surface area contributed by atoms with Crippen LogP contribution in [0.5, 0.6) is 0 Å². The van der Waals surface area contributed by atoms with Crippen LogP contribution in [0.3, 0.4) is 0 Å². The number of Topliss-reactive ketones (excluding diaryl/α,β-unsaturated/α-hetero) is 1. The fraction of sp³-hybridized carbons (Fsp3) is 0.200. The molecule has 0 bridgehead atoms. The van der Waals surface area contributed by atoms with Crippen molar-refractivity contribution in [2.45, 2.75) is 24.5 Å². The summed E-state index contributed by atoms with van der Waals surface area (Å²) in [6.07, 6.45) is 1.74. The molecular weight excluding hydrogens is 392 g/mol. The third kappa shape index (κ3) is 5.97. The van der Waals surface area contributed by atoms with E-state index in [2.05, 4.69) is 0 Å². The van der Waals surface area contributed by atoms with Crippen LogP contribution in [-0.4, -0.2) is 17.4 Å². The van der Waals surface area contributed by atoms with Gasteiger partial charge in [-0.25, -0.2) is 0 Å². The van der Waals surface area contributed by atoms with Gasteiger partial charge in [0.25, 0.3) is 0 Å². The normalized spacial score (nSPS) is 11.7. The number of anilines is 1. The number of carbonyl (C=O) groups excluding carboxylic acids is 2. The predicted molar refractivity (Wildman–Crippen MR) is 125 cm³/mol. The minimum absolute atomic E-state index is 0.0399. The molecule has 0 saturated carbocycles. The summed E-state index contributed by atoms with van der Waals surface area (Å²) in [5, 5.41) is 0.0399. The van der Waals surface area contributed by atoms with Crippen molar-refractivity contribution in [3.63, 3.8) is 0 Å². The molecule has 0 spiro atoms. The first kappa shape index (κ1) is 21.7. The number of thioether (sulfide) groups is 1. The molecular formula is C25H26N2O2S. The van der Waals surface area contributed by atoms with Crippen molar-refractivity contribution in [2.75, 3.05) is 11.5 Å². The number of amides is 1. The second-order valence-corrected chi connectivity index (χ2v) is 8.34. The Morgan fingerprint density at radius 1 is 0.833 bits per heavy atom. The van der Waals surface area contributed by atoms with E-state index in [0.717, 1.165) is 23.1 Å². The number of ketones is 1. The molecule has 0 aliphatic heterocycles. The van der Waals surface area contributed by atoms with Crippen molar-refractivity contribution in [1.29, 1.82) is 0 Å². The van der Waals surface area contributed by atoms with Gasteiger partial charge in [-0.05, 0) is 35.6 Å². The Kier molecular flexibility index (Phi) is 7.69. The Labute approximate surface area is 181 Å². The number of hydrogen-bond donors (Lipinski definition) is 2. The van der Waals surface area contributed by atoms with Crippen LogP contribution in [0.4, 0.5) is 5.69 Å². The highest BCUT2D eigenvalue weighted by atomic mass is 32.2. The van der Waals surface area contributed by atoms with E-state index < -0.39 is 0 Å². The molecule has 154 valence electrons. The fourth-order valence-electron chi connectivity index (χ4n) is 3.33. The summed E-state index contributed by atoms with van der Waals surface area (Å²) in [5.74, 6) is 0.114. The van der Waals surface area contributed by atoms with Crippen LogP contribution in [0.2, 0.25) is 0 Å². The quantitative estimate of drug-likeness (QED) is 0.348. The first-order valence-electron chi connectivity index (χ1n) is 9.97. The lowest BCUT2D eigenvalue weighted by molar-refractivity contribution is -0.118. The topological polar surface area (TPSA) is 86.2 Å². The Morgan fingerprint density at radius 3 is 2.13 bits per heavy atom. The highest BCUT2D eigenvalue weighted by Gasteiger charge is 2.17. The average molecular weight is 419 g/mol. The zero-order chi connectivity index (χ0) is 21.3. The minimum atomic E-state index is -0.311. The van der Waals surface area contributed by atoms with Crippen molar-refractivity contribution in [2.24, 2.45) is 5.73 Å². The number of carbonyl (C=O) groups is 2. The standard InChI is InChI=1S/C25H26N2O2S/c26-22-10-5-4-9-21(22)24(11-6-12-25(27)29)30-17-23(28)20-15-13-19(14-16-20)18-7-2-1-3-8-18/h1-5,7-10,13-16,24H,6,11-12,17,26H2,(H2,27,29). The molecule has 0 heterocycles. The number of para-hydroxylation sites is 1. The first-order chi connectivity index (χ1) is 14.5. The predicted octanol–water partition coefficient (Wildman–Crippen LogP) is 5.25. The maximum atomic E-state index is 12.8. The van der Waals surface area contributed by atoms with Gasteiger partial charge >= 0.3 is 0 Å². The van der Waals surface area contributed by atoms with Gasteiger partial charge in [-0.15, -0.1) is 11.8 Å². The number of hydrogen-bond acceptors (Lipinski definition) is 4. The van der Waals surface area contributed by atoms with E-state index >= 15 is 0 Å². The SMILES string of the molecule is NC(=O)CCCC(SCC(=O)c1ccc(-c2ccccc2)cc1)c1ccccc1N. The largest absolute Gasteiger partial charge is 0.398 e. The van der Waals surface area contributed by atoms with Crippen molar-refractivity contribution in [3.05, 3.63) is 90.0 Å². The molecule has 30 heavy (non-hydrogen) atoms. The Bertz CT molecular complexity index is 988. The molecule has 1 unspecified atom stereocenters. The molecule has 0 radical (unpaired) electrons. The lowest BCUT2D eigenvalue weighted by atomic mass is 10.0. The van der Waals surface area contributed by atoms with Crippen molar-refractivity contribution >= 4 is 29.1 Å². The molecule has 4 nitrogen and oxygen atoms in total. The van der Waals surface area contributed by atoms with Crippen LogP contribution < -0.4 is 11.5 Å². The van der Waals surface area contributed by atoms with Gasteiger partial charge in [0, 0.05) is 22.9 Å². The lowest BCUT2D eigenvalue weighted by Crippen LogP contribution is -2.11. The molecule has 4 N–H and O–H groups in total. The van der Waals surface area contributed by atoms with Gasteiger partial charge in [0.2, 0.25) is 5.91 Å². The Balaban J connectivity index is 1.66. The molecule has 5 heteroatoms. The second-order valence-electron chi connectivity index (χ2n) is 7.15. The van der Waals surface area contributed by atoms with Gasteiger partial charge in [-0.1, -0.05) is 72.8 Å². The summed E-state index contributed by atoms with van der Waals surface area (Å²) in [7, 11) is 0. The molecule has 0 aliphatic carbocycles. The number of benzene rings is 3. The molecule has 1 atom stereocenters. The third-order valence-electron chi connectivity index (χ3n) is 4.96. The minimum Gasteiger partial charge on any atom is -0.398 e. The van der Waals surface area contributed by atoms with Crippen LogP contribution in [0.1, 0.15) is 40.4 Å². The van der Waals surface area contributed by atoms with E-state index in [1.54, 1.807) is 11.8 Å². The number of primary amides is 1. The first-order valence-corrected chi connectivity index (χ1v) is 11.0. The van der Waals surface area contributed by atoms with Crippen LogP contribution in [0.15, 0.2) is 78.9 Å². The van der Waals surface area contributed by atoms with Crippen LogP contribution in [-0.2, 0) is 4.79 Å². The van der Waals surface area contributed by atoms with Gasteiger partial charge in [0.15, 0.2) is 5.78 Å². The van der Waals surface area contributed by atoms with E-state index in [-0.39, 0.29) is 16.9 Å². The van der Waals surface area contributed by atoms with E-state index in [1.165, 1.54) is 0 Å². The molecule has 3 aromatic rings. The molecule has 0 aliphatic rings. The van der Waals surface area contributed by atoms with E-state index in [1.807, 2.05) is 78.9 Å². The summed E-state index contributed by atoms with van der Waals surface area (Å²) < 4.78 is 0. The van der Waals surface area contributed by atoms with Crippen LogP contribution in [0, 0.1) is 0 Å². The molecule has 0 fully saturated rings. The highest BCUT2D eigenvalue weighted by Crippen LogP contribution is 2.37. The number of nitrogens with two attached hydrogens (primary N) is 2. The Morgan fingerprint density at radius 2 is 1.47 bits per heavy atom.